The van der Waals surface area contributed by atoms with Crippen LogP contribution in [0.2, 0.25) is 0 Å². The number of nitrogens with one attached hydrogen (secondary N) is 3. The van der Waals surface area contributed by atoms with Gasteiger partial charge in [-0.1, -0.05) is 6.07 Å². The molecule has 6 nitrogen and oxygen atoms in total. The van der Waals surface area contributed by atoms with Crippen molar-refractivity contribution in [1.82, 2.24) is 0 Å². The van der Waals surface area contributed by atoms with Gasteiger partial charge < -0.3 is 20.7 Å². The summed E-state index contributed by atoms with van der Waals surface area (Å²) in [6.45, 7) is 5.57. The summed E-state index contributed by atoms with van der Waals surface area (Å²) in [7, 11) is 1.52. The SMILES string of the molecule is COc1ccc(NC(C)=O)cc1NC(=O)CNc1cc(C)cc(C)c1. The molecule has 0 saturated carbocycles. The molecule has 0 spiro atoms. The summed E-state index contributed by atoms with van der Waals surface area (Å²) in [5.41, 5.74) is 4.25. The second-order valence-electron chi connectivity index (χ2n) is 5.87. The van der Waals surface area contributed by atoms with E-state index in [2.05, 4.69) is 22.0 Å². The highest BCUT2D eigenvalue weighted by molar-refractivity contribution is 5.96. The highest BCUT2D eigenvalue weighted by Crippen LogP contribution is 2.27. The van der Waals surface area contributed by atoms with E-state index in [1.165, 1.54) is 14.0 Å². The second-order valence-corrected chi connectivity index (χ2v) is 5.87. The van der Waals surface area contributed by atoms with E-state index >= 15 is 0 Å². The monoisotopic (exact) mass is 341 g/mol. The fraction of sp³-hybridized carbons (Fsp3) is 0.263. The number of amides is 2. The van der Waals surface area contributed by atoms with Crippen LogP contribution in [0.25, 0.3) is 0 Å². The van der Waals surface area contributed by atoms with Crippen molar-refractivity contribution in [2.75, 3.05) is 29.6 Å². The van der Waals surface area contributed by atoms with Crippen molar-refractivity contribution in [2.24, 2.45) is 0 Å². The van der Waals surface area contributed by atoms with Crippen LogP contribution >= 0.6 is 0 Å². The average molecular weight is 341 g/mol. The minimum Gasteiger partial charge on any atom is -0.495 e. The van der Waals surface area contributed by atoms with E-state index in [0.717, 1.165) is 16.8 Å². The van der Waals surface area contributed by atoms with Crippen molar-refractivity contribution in [3.05, 3.63) is 47.5 Å². The maximum Gasteiger partial charge on any atom is 0.243 e. The third kappa shape index (κ3) is 5.53. The van der Waals surface area contributed by atoms with E-state index in [0.29, 0.717) is 17.1 Å². The summed E-state index contributed by atoms with van der Waals surface area (Å²) >= 11 is 0. The number of benzene rings is 2. The summed E-state index contributed by atoms with van der Waals surface area (Å²) in [4.78, 5) is 23.4. The lowest BCUT2D eigenvalue weighted by molar-refractivity contribution is -0.115. The molecule has 0 aliphatic heterocycles. The summed E-state index contributed by atoms with van der Waals surface area (Å²) in [5.74, 6) is 0.130. The molecule has 3 N–H and O–H groups in total. The quantitative estimate of drug-likeness (QED) is 0.753. The van der Waals surface area contributed by atoms with Gasteiger partial charge in [0.05, 0.1) is 19.3 Å². The van der Waals surface area contributed by atoms with Gasteiger partial charge in [0.15, 0.2) is 0 Å². The molecule has 25 heavy (non-hydrogen) atoms. The van der Waals surface area contributed by atoms with E-state index in [4.69, 9.17) is 4.74 Å². The van der Waals surface area contributed by atoms with Crippen LogP contribution < -0.4 is 20.7 Å². The first-order valence-corrected chi connectivity index (χ1v) is 7.95. The topological polar surface area (TPSA) is 79.5 Å². The first-order valence-electron chi connectivity index (χ1n) is 7.95. The Morgan fingerprint density at radius 3 is 2.24 bits per heavy atom. The molecule has 0 atom stereocenters. The van der Waals surface area contributed by atoms with Gasteiger partial charge in [-0.15, -0.1) is 0 Å². The zero-order valence-corrected chi connectivity index (χ0v) is 14.9. The number of anilines is 3. The van der Waals surface area contributed by atoms with E-state index in [-0.39, 0.29) is 18.4 Å². The Balaban J connectivity index is 2.04. The van der Waals surface area contributed by atoms with Crippen molar-refractivity contribution in [3.63, 3.8) is 0 Å². The summed E-state index contributed by atoms with van der Waals surface area (Å²) in [6.07, 6.45) is 0. The molecule has 0 radical (unpaired) electrons. The largest absolute Gasteiger partial charge is 0.495 e. The second kappa shape index (κ2) is 8.19. The molecule has 0 aliphatic rings. The number of hydrogen-bond donors (Lipinski definition) is 3. The Morgan fingerprint density at radius 2 is 1.64 bits per heavy atom. The molecule has 132 valence electrons. The first kappa shape index (κ1) is 18.3. The third-order valence-electron chi connectivity index (χ3n) is 3.47. The fourth-order valence-corrected chi connectivity index (χ4v) is 2.54. The zero-order valence-electron chi connectivity index (χ0n) is 14.9. The smallest absolute Gasteiger partial charge is 0.243 e. The van der Waals surface area contributed by atoms with Gasteiger partial charge in [-0.3, -0.25) is 9.59 Å². The minimum absolute atomic E-state index is 0.121. The van der Waals surface area contributed by atoms with Crippen molar-refractivity contribution in [3.8, 4) is 5.75 Å². The first-order chi connectivity index (χ1) is 11.9. The summed E-state index contributed by atoms with van der Waals surface area (Å²) < 4.78 is 5.25. The zero-order chi connectivity index (χ0) is 18.4. The fourth-order valence-electron chi connectivity index (χ4n) is 2.54. The van der Waals surface area contributed by atoms with Crippen LogP contribution in [0, 0.1) is 13.8 Å². The molecule has 2 rings (SSSR count). The molecule has 2 aromatic carbocycles. The van der Waals surface area contributed by atoms with Crippen molar-refractivity contribution >= 4 is 28.9 Å². The van der Waals surface area contributed by atoms with Gasteiger partial charge in [-0.2, -0.15) is 0 Å². The van der Waals surface area contributed by atoms with Crippen LogP contribution in [0.3, 0.4) is 0 Å². The van der Waals surface area contributed by atoms with Gasteiger partial charge >= 0.3 is 0 Å². The van der Waals surface area contributed by atoms with E-state index < -0.39 is 0 Å². The van der Waals surface area contributed by atoms with Crippen molar-refractivity contribution in [1.29, 1.82) is 0 Å². The molecule has 0 saturated heterocycles. The third-order valence-corrected chi connectivity index (χ3v) is 3.47. The predicted octanol–water partition coefficient (Wildman–Crippen LogP) is 3.32. The average Bonchev–Trinajstić information content (AvgIpc) is 2.52. The van der Waals surface area contributed by atoms with Crippen LogP contribution in [0.4, 0.5) is 17.1 Å². The van der Waals surface area contributed by atoms with Crippen LogP contribution in [0.5, 0.6) is 5.75 Å². The predicted molar refractivity (Wildman–Crippen MR) is 100 cm³/mol. The minimum atomic E-state index is -0.211. The highest BCUT2D eigenvalue weighted by atomic mass is 16.5. The molecular formula is C19H23N3O3. The van der Waals surface area contributed by atoms with Crippen molar-refractivity contribution < 1.29 is 14.3 Å². The van der Waals surface area contributed by atoms with Gasteiger partial charge in [0.2, 0.25) is 11.8 Å². The van der Waals surface area contributed by atoms with E-state index in [9.17, 15) is 9.59 Å². The molecule has 0 fully saturated rings. The van der Waals surface area contributed by atoms with Crippen LogP contribution in [-0.2, 0) is 9.59 Å². The number of methoxy groups -OCH3 is 1. The summed E-state index contributed by atoms with van der Waals surface area (Å²) in [5, 5.41) is 8.58. The Labute approximate surface area is 147 Å². The van der Waals surface area contributed by atoms with Gasteiger partial charge in [0, 0.05) is 18.3 Å². The molecule has 0 aromatic heterocycles. The van der Waals surface area contributed by atoms with Gasteiger partial charge in [0.25, 0.3) is 0 Å². The molecule has 2 aromatic rings. The Bertz CT molecular complexity index is 767. The lowest BCUT2D eigenvalue weighted by Gasteiger charge is -2.13. The molecule has 0 unspecified atom stereocenters. The lowest BCUT2D eigenvalue weighted by Crippen LogP contribution is -2.22. The molecular weight excluding hydrogens is 318 g/mol. The maximum absolute atomic E-state index is 12.2. The number of rotatable bonds is 6. The van der Waals surface area contributed by atoms with Gasteiger partial charge in [-0.05, 0) is 55.3 Å². The lowest BCUT2D eigenvalue weighted by atomic mass is 10.1. The summed E-state index contributed by atoms with van der Waals surface area (Å²) in [6, 6.07) is 11.1. The van der Waals surface area contributed by atoms with Crippen LogP contribution in [0.1, 0.15) is 18.1 Å². The standard InChI is InChI=1S/C19H23N3O3/c1-12-7-13(2)9-16(8-12)20-11-19(24)22-17-10-15(21-14(3)23)5-6-18(17)25-4/h5-10,20H,11H2,1-4H3,(H,21,23)(H,22,24). The number of ether oxygens (including phenoxy) is 1. The van der Waals surface area contributed by atoms with Crippen LogP contribution in [0.15, 0.2) is 36.4 Å². The van der Waals surface area contributed by atoms with Crippen molar-refractivity contribution in [2.45, 2.75) is 20.8 Å². The van der Waals surface area contributed by atoms with E-state index in [1.54, 1.807) is 18.2 Å². The van der Waals surface area contributed by atoms with Gasteiger partial charge in [0.1, 0.15) is 5.75 Å². The number of aryl methyl sites for hydroxylation is 2. The van der Waals surface area contributed by atoms with E-state index in [1.807, 2.05) is 26.0 Å². The Morgan fingerprint density at radius 1 is 0.960 bits per heavy atom. The van der Waals surface area contributed by atoms with Crippen LogP contribution in [-0.4, -0.2) is 25.5 Å². The highest BCUT2D eigenvalue weighted by Gasteiger charge is 2.09. The molecule has 0 bridgehead atoms. The number of hydrogen-bond acceptors (Lipinski definition) is 4. The molecule has 0 heterocycles. The Kier molecular flexibility index (Phi) is 6.00. The Hall–Kier alpha value is -3.02. The normalized spacial score (nSPS) is 10.1. The molecule has 2 amide bonds. The van der Waals surface area contributed by atoms with Gasteiger partial charge in [-0.25, -0.2) is 0 Å². The molecule has 0 aliphatic carbocycles. The number of carbonyl (C=O) groups excluding carboxylic acids is 2. The maximum atomic E-state index is 12.2. The number of carbonyl (C=O) groups is 2. The molecule has 6 heteroatoms.